The Kier molecular flexibility index (Phi) is 8.31. The molecule has 0 aliphatic heterocycles. The van der Waals surface area contributed by atoms with Crippen LogP contribution in [0.1, 0.15) is 51.3 Å². The van der Waals surface area contributed by atoms with Crippen molar-refractivity contribution in [1.82, 2.24) is 9.13 Å². The number of carboxylic acids is 1. The van der Waals surface area contributed by atoms with Gasteiger partial charge in [0.05, 0.1) is 0 Å². The van der Waals surface area contributed by atoms with Gasteiger partial charge in [0.15, 0.2) is 5.60 Å². The zero-order valence-corrected chi connectivity index (χ0v) is 20.1. The average Bonchev–Trinajstić information content (AvgIpc) is 2.93. The van der Waals surface area contributed by atoms with E-state index in [0.29, 0.717) is 25.3 Å². The van der Waals surface area contributed by atoms with Crippen LogP contribution in [-0.2, 0) is 30.7 Å². The molecule has 1 N–H and O–H groups in total. The second-order valence-electron chi connectivity index (χ2n) is 9.08. The Morgan fingerprint density at radius 2 is 1.91 bits per heavy atom. The molecule has 1 heterocycles. The van der Waals surface area contributed by atoms with Gasteiger partial charge in [-0.15, -0.1) is 0 Å². The maximum absolute atomic E-state index is 13.4. The summed E-state index contributed by atoms with van der Waals surface area (Å²) in [5, 5.41) is 9.20. The van der Waals surface area contributed by atoms with Gasteiger partial charge < -0.3 is 9.84 Å². The van der Waals surface area contributed by atoms with Crippen molar-refractivity contribution in [1.29, 1.82) is 0 Å². The highest BCUT2D eigenvalue weighted by atomic mass is 19.1. The van der Waals surface area contributed by atoms with Crippen molar-refractivity contribution in [2.75, 3.05) is 0 Å². The van der Waals surface area contributed by atoms with Gasteiger partial charge in [-0.05, 0) is 81.4 Å². The molecule has 6 nitrogen and oxygen atoms in total. The molecule has 2 aromatic rings. The Labute approximate surface area is 199 Å². The second kappa shape index (κ2) is 11.2. The first kappa shape index (κ1) is 25.3. The van der Waals surface area contributed by atoms with Crippen LogP contribution in [0.4, 0.5) is 4.39 Å². The molecule has 0 fully saturated rings. The maximum Gasteiger partial charge on any atom is 0.347 e. The predicted octanol–water partition coefficient (Wildman–Crippen LogP) is 5.22. The van der Waals surface area contributed by atoms with Crippen LogP contribution in [-0.4, -0.2) is 25.8 Å². The number of halogens is 1. The number of aliphatic carboxylic acids is 1. The number of benzene rings is 1. The van der Waals surface area contributed by atoms with Gasteiger partial charge in [-0.2, -0.15) is 0 Å². The van der Waals surface area contributed by atoms with E-state index in [1.807, 2.05) is 22.9 Å². The molecule has 3 rings (SSSR count). The first-order valence-corrected chi connectivity index (χ1v) is 11.7. The van der Waals surface area contributed by atoms with E-state index in [4.69, 9.17) is 4.74 Å². The number of imidazole rings is 1. The number of ether oxygens (including phenoxy) is 1. The molecule has 1 aliphatic carbocycles. The highest BCUT2D eigenvalue weighted by Crippen LogP contribution is 2.20. The van der Waals surface area contributed by atoms with Gasteiger partial charge >= 0.3 is 11.7 Å². The zero-order chi connectivity index (χ0) is 24.7. The van der Waals surface area contributed by atoms with Gasteiger partial charge in [-0.25, -0.2) is 14.0 Å². The highest BCUT2D eigenvalue weighted by molar-refractivity contribution is 5.76. The fraction of sp³-hybridized carbons (Fsp3) is 0.407. The van der Waals surface area contributed by atoms with Crippen LogP contribution in [0.25, 0.3) is 0 Å². The molecule has 0 atom stereocenters. The van der Waals surface area contributed by atoms with E-state index in [1.165, 1.54) is 26.0 Å². The number of nitrogens with zero attached hydrogens (tertiary/aromatic N) is 2. The van der Waals surface area contributed by atoms with Gasteiger partial charge in [0.2, 0.25) is 0 Å². The molecule has 1 aromatic heterocycles. The molecule has 1 aromatic carbocycles. The third-order valence-electron chi connectivity index (χ3n) is 5.79. The molecule has 0 amide bonds. The Morgan fingerprint density at radius 3 is 2.59 bits per heavy atom. The third-order valence-corrected chi connectivity index (χ3v) is 5.79. The van der Waals surface area contributed by atoms with Crippen LogP contribution >= 0.6 is 0 Å². The molecule has 0 radical (unpaired) electrons. The van der Waals surface area contributed by atoms with Crippen molar-refractivity contribution in [3.63, 3.8) is 0 Å². The molecular weight excluding hydrogens is 435 g/mol. The lowest BCUT2D eigenvalue weighted by Gasteiger charge is -2.21. The summed E-state index contributed by atoms with van der Waals surface area (Å²) in [6.45, 7) is 6.20. The highest BCUT2D eigenvalue weighted by Gasteiger charge is 2.29. The van der Waals surface area contributed by atoms with E-state index in [9.17, 15) is 19.1 Å². The fourth-order valence-electron chi connectivity index (χ4n) is 3.87. The van der Waals surface area contributed by atoms with Crippen molar-refractivity contribution >= 4 is 5.97 Å². The number of allylic oxidation sites excluding steroid dienone is 6. The SMILES string of the molecule is CCCn1c(CCCc2ccc(OC(C)(C)C(=O)O)cc2)cn(CC2=CC=C(F)C=CC2)c1=O. The van der Waals surface area contributed by atoms with Gasteiger partial charge in [0.25, 0.3) is 0 Å². The molecule has 182 valence electrons. The van der Waals surface area contributed by atoms with Crippen LogP contribution in [0.5, 0.6) is 5.75 Å². The van der Waals surface area contributed by atoms with Crippen LogP contribution < -0.4 is 10.4 Å². The predicted molar refractivity (Wildman–Crippen MR) is 131 cm³/mol. The molecule has 7 heteroatoms. The lowest BCUT2D eigenvalue weighted by atomic mass is 10.1. The summed E-state index contributed by atoms with van der Waals surface area (Å²) in [5.74, 6) is -0.781. The third kappa shape index (κ3) is 6.59. The van der Waals surface area contributed by atoms with Crippen molar-refractivity contribution in [3.05, 3.63) is 87.9 Å². The first-order valence-electron chi connectivity index (χ1n) is 11.7. The smallest absolute Gasteiger partial charge is 0.347 e. The minimum absolute atomic E-state index is 0.0297. The number of rotatable bonds is 11. The topological polar surface area (TPSA) is 73.5 Å². The number of aryl methyl sites for hydroxylation is 2. The molecule has 1 aliphatic rings. The molecule has 0 unspecified atom stereocenters. The van der Waals surface area contributed by atoms with E-state index < -0.39 is 11.6 Å². The zero-order valence-electron chi connectivity index (χ0n) is 20.1. The Hall–Kier alpha value is -3.35. The van der Waals surface area contributed by atoms with Crippen molar-refractivity contribution < 1.29 is 19.0 Å². The van der Waals surface area contributed by atoms with E-state index in [-0.39, 0.29) is 11.5 Å². The summed E-state index contributed by atoms with van der Waals surface area (Å²) in [7, 11) is 0. The minimum atomic E-state index is -1.29. The summed E-state index contributed by atoms with van der Waals surface area (Å²) in [6, 6.07) is 7.46. The van der Waals surface area contributed by atoms with E-state index >= 15 is 0 Å². The van der Waals surface area contributed by atoms with E-state index in [2.05, 4.69) is 6.92 Å². The van der Waals surface area contributed by atoms with E-state index in [0.717, 1.165) is 42.5 Å². The first-order chi connectivity index (χ1) is 16.2. The van der Waals surface area contributed by atoms with E-state index in [1.54, 1.807) is 28.9 Å². The minimum Gasteiger partial charge on any atom is -0.478 e. The Morgan fingerprint density at radius 1 is 1.18 bits per heavy atom. The normalized spacial score (nSPS) is 13.9. The summed E-state index contributed by atoms with van der Waals surface area (Å²) in [5.41, 5.74) is 1.79. The average molecular weight is 469 g/mol. The summed E-state index contributed by atoms with van der Waals surface area (Å²) < 4.78 is 22.6. The standard InChI is InChI=1S/C27H33FN2O4/c1-4-17-30-23(19-29(26(30)33)18-21-8-5-9-22(28)14-11-21)10-6-7-20-12-15-24(16-13-20)34-27(2,3)25(31)32/h5,9,11-16,19H,4,6-8,10,17-18H2,1-3H3,(H,31,32). The number of carboxylic acid groups (broad SMARTS) is 1. The van der Waals surface area contributed by atoms with Crippen LogP contribution in [0.2, 0.25) is 0 Å². The number of aromatic nitrogens is 2. The Bertz CT molecular complexity index is 1150. The largest absolute Gasteiger partial charge is 0.478 e. The molecule has 0 spiro atoms. The van der Waals surface area contributed by atoms with Crippen LogP contribution in [0.15, 0.2) is 71.0 Å². The quantitative estimate of drug-likeness (QED) is 0.491. The molecule has 0 bridgehead atoms. The van der Waals surface area contributed by atoms with Crippen molar-refractivity contribution in [2.45, 2.75) is 71.6 Å². The molecule has 0 saturated heterocycles. The molecule has 34 heavy (non-hydrogen) atoms. The monoisotopic (exact) mass is 468 g/mol. The van der Waals surface area contributed by atoms with Gasteiger partial charge in [0, 0.05) is 25.0 Å². The molecular formula is C27H33FN2O4. The van der Waals surface area contributed by atoms with Crippen molar-refractivity contribution in [3.8, 4) is 5.75 Å². The number of hydrogen-bond donors (Lipinski definition) is 1. The van der Waals surface area contributed by atoms with Gasteiger partial charge in [-0.3, -0.25) is 9.13 Å². The summed E-state index contributed by atoms with van der Waals surface area (Å²) >= 11 is 0. The number of hydrogen-bond acceptors (Lipinski definition) is 3. The molecule has 0 saturated carbocycles. The van der Waals surface area contributed by atoms with Gasteiger partial charge in [-0.1, -0.05) is 31.2 Å². The maximum atomic E-state index is 13.4. The lowest BCUT2D eigenvalue weighted by Crippen LogP contribution is -2.37. The second-order valence-corrected chi connectivity index (χ2v) is 9.08. The lowest BCUT2D eigenvalue weighted by molar-refractivity contribution is -0.152. The van der Waals surface area contributed by atoms with Gasteiger partial charge in [0.1, 0.15) is 11.6 Å². The summed E-state index contributed by atoms with van der Waals surface area (Å²) in [4.78, 5) is 24.2. The van der Waals surface area contributed by atoms with Crippen LogP contribution in [0, 0.1) is 0 Å². The Balaban J connectivity index is 1.64. The summed E-state index contributed by atoms with van der Waals surface area (Å²) in [6.07, 6.45) is 12.3. The number of carbonyl (C=O) groups is 1. The van der Waals surface area contributed by atoms with Crippen LogP contribution in [0.3, 0.4) is 0 Å². The fourth-order valence-corrected chi connectivity index (χ4v) is 3.87. The van der Waals surface area contributed by atoms with Crippen molar-refractivity contribution in [2.24, 2.45) is 0 Å².